The molecule has 0 aromatic heterocycles. The van der Waals surface area contributed by atoms with Crippen LogP contribution in [-0.4, -0.2) is 19.0 Å². The maximum absolute atomic E-state index is 12.3. The van der Waals surface area contributed by atoms with Crippen LogP contribution in [0, 0.1) is 11.3 Å². The molecule has 2 aromatic rings. The number of benzene rings is 2. The number of nitrogens with one attached hydrogen (secondary N) is 1. The Morgan fingerprint density at radius 2 is 1.96 bits per heavy atom. The van der Waals surface area contributed by atoms with Crippen LogP contribution in [0.25, 0.3) is 6.08 Å². The Bertz CT molecular complexity index is 804. The number of esters is 1. The number of ether oxygens (including phenoxy) is 1. The van der Waals surface area contributed by atoms with E-state index >= 15 is 0 Å². The molecule has 0 aliphatic rings. The number of amides is 1. The van der Waals surface area contributed by atoms with Gasteiger partial charge in [-0.25, -0.2) is 4.79 Å². The van der Waals surface area contributed by atoms with Crippen molar-refractivity contribution >= 4 is 23.6 Å². The van der Waals surface area contributed by atoms with E-state index in [0.29, 0.717) is 22.4 Å². The van der Waals surface area contributed by atoms with Crippen LogP contribution in [0.5, 0.6) is 0 Å². The van der Waals surface area contributed by atoms with Crippen LogP contribution >= 0.6 is 0 Å². The molecule has 0 heterocycles. The lowest BCUT2D eigenvalue weighted by Gasteiger charge is -2.08. The van der Waals surface area contributed by atoms with E-state index in [0.717, 1.165) is 0 Å². The summed E-state index contributed by atoms with van der Waals surface area (Å²) in [5.41, 5.74) is 2.02. The first kappa shape index (κ1) is 16.0. The second kappa shape index (κ2) is 7.57. The Morgan fingerprint density at radius 3 is 2.70 bits per heavy atom. The van der Waals surface area contributed by atoms with E-state index in [4.69, 9.17) is 5.26 Å². The molecule has 114 valence electrons. The maximum Gasteiger partial charge on any atom is 0.330 e. The van der Waals surface area contributed by atoms with Gasteiger partial charge in [-0.1, -0.05) is 24.3 Å². The molecule has 0 aliphatic carbocycles. The molecule has 2 aromatic carbocycles. The first-order valence-electron chi connectivity index (χ1n) is 6.80. The molecule has 0 unspecified atom stereocenters. The van der Waals surface area contributed by atoms with Crippen molar-refractivity contribution in [3.05, 3.63) is 71.3 Å². The number of rotatable bonds is 4. The lowest BCUT2D eigenvalue weighted by Crippen LogP contribution is -2.12. The predicted octanol–water partition coefficient (Wildman–Crippen LogP) is 3.00. The number of methoxy groups -OCH3 is 1. The normalized spacial score (nSPS) is 10.1. The molecule has 23 heavy (non-hydrogen) atoms. The molecule has 2 rings (SSSR count). The minimum Gasteiger partial charge on any atom is -0.466 e. The summed E-state index contributed by atoms with van der Waals surface area (Å²) < 4.78 is 4.54. The molecule has 0 saturated heterocycles. The topological polar surface area (TPSA) is 79.2 Å². The number of para-hydroxylation sites is 1. The molecule has 1 amide bonds. The summed E-state index contributed by atoms with van der Waals surface area (Å²) in [6.07, 6.45) is 2.84. The van der Waals surface area contributed by atoms with Gasteiger partial charge in [0.05, 0.1) is 18.7 Å². The third-order valence-electron chi connectivity index (χ3n) is 3.06. The van der Waals surface area contributed by atoms with Gasteiger partial charge in [0.2, 0.25) is 0 Å². The van der Waals surface area contributed by atoms with Gasteiger partial charge in [-0.05, 0) is 35.9 Å². The lowest BCUT2D eigenvalue weighted by molar-refractivity contribution is -0.134. The van der Waals surface area contributed by atoms with Crippen molar-refractivity contribution in [1.29, 1.82) is 5.26 Å². The molecule has 0 aliphatic heterocycles. The number of carbonyl (C=O) groups is 2. The lowest BCUT2D eigenvalue weighted by atomic mass is 10.1. The van der Waals surface area contributed by atoms with E-state index in [2.05, 4.69) is 10.1 Å². The van der Waals surface area contributed by atoms with Gasteiger partial charge < -0.3 is 10.1 Å². The van der Waals surface area contributed by atoms with E-state index in [-0.39, 0.29) is 5.91 Å². The first-order chi connectivity index (χ1) is 11.1. The number of carbonyl (C=O) groups excluding carboxylic acids is 2. The minimum atomic E-state index is -0.479. The zero-order valence-corrected chi connectivity index (χ0v) is 12.4. The molecular weight excluding hydrogens is 292 g/mol. The van der Waals surface area contributed by atoms with Crippen molar-refractivity contribution in [1.82, 2.24) is 0 Å². The van der Waals surface area contributed by atoms with E-state index in [1.54, 1.807) is 48.5 Å². The SMILES string of the molecule is COC(=O)/C=C/c1ccccc1NC(=O)c1cccc(C#N)c1. The molecule has 5 heteroatoms. The number of nitriles is 1. The van der Waals surface area contributed by atoms with Crippen molar-refractivity contribution in [2.24, 2.45) is 0 Å². The third kappa shape index (κ3) is 4.29. The van der Waals surface area contributed by atoms with Crippen LogP contribution in [0.1, 0.15) is 21.5 Å². The Labute approximate surface area is 133 Å². The van der Waals surface area contributed by atoms with Crippen molar-refractivity contribution in [3.63, 3.8) is 0 Å². The highest BCUT2D eigenvalue weighted by atomic mass is 16.5. The summed E-state index contributed by atoms with van der Waals surface area (Å²) in [7, 11) is 1.29. The molecule has 0 bridgehead atoms. The molecule has 0 fully saturated rings. The summed E-state index contributed by atoms with van der Waals surface area (Å²) in [5.74, 6) is -0.811. The molecule has 5 nitrogen and oxygen atoms in total. The van der Waals surface area contributed by atoms with E-state index < -0.39 is 5.97 Å². The van der Waals surface area contributed by atoms with Gasteiger partial charge >= 0.3 is 5.97 Å². The Kier molecular flexibility index (Phi) is 5.26. The number of nitrogens with zero attached hydrogens (tertiary/aromatic N) is 1. The Hall–Kier alpha value is -3.39. The fourth-order valence-electron chi connectivity index (χ4n) is 1.91. The second-order valence-corrected chi connectivity index (χ2v) is 4.59. The summed E-state index contributed by atoms with van der Waals surface area (Å²) >= 11 is 0. The number of hydrogen-bond donors (Lipinski definition) is 1. The van der Waals surface area contributed by atoms with Gasteiger partial charge in [-0.3, -0.25) is 4.79 Å². The molecule has 0 spiro atoms. The maximum atomic E-state index is 12.3. The molecule has 1 N–H and O–H groups in total. The van der Waals surface area contributed by atoms with Gasteiger partial charge in [0.1, 0.15) is 0 Å². The summed E-state index contributed by atoms with van der Waals surface area (Å²) in [6.45, 7) is 0. The minimum absolute atomic E-state index is 0.332. The van der Waals surface area contributed by atoms with Crippen LogP contribution in [0.3, 0.4) is 0 Å². The van der Waals surface area contributed by atoms with E-state index in [1.165, 1.54) is 19.3 Å². The van der Waals surface area contributed by atoms with Gasteiger partial charge in [-0.15, -0.1) is 0 Å². The van der Waals surface area contributed by atoms with E-state index in [9.17, 15) is 9.59 Å². The molecular formula is C18H14N2O3. The fourth-order valence-corrected chi connectivity index (χ4v) is 1.91. The Morgan fingerprint density at radius 1 is 1.17 bits per heavy atom. The van der Waals surface area contributed by atoms with Crippen LogP contribution in [0.2, 0.25) is 0 Å². The zero-order valence-electron chi connectivity index (χ0n) is 12.4. The van der Waals surface area contributed by atoms with Gasteiger partial charge in [-0.2, -0.15) is 5.26 Å². The molecule has 0 radical (unpaired) electrons. The van der Waals surface area contributed by atoms with Crippen molar-refractivity contribution in [2.75, 3.05) is 12.4 Å². The van der Waals surface area contributed by atoms with E-state index in [1.807, 2.05) is 6.07 Å². The fraction of sp³-hybridized carbons (Fsp3) is 0.0556. The zero-order chi connectivity index (χ0) is 16.7. The van der Waals surface area contributed by atoms with Crippen LogP contribution in [0.15, 0.2) is 54.6 Å². The van der Waals surface area contributed by atoms with Gasteiger partial charge in [0.25, 0.3) is 5.91 Å². The highest BCUT2D eigenvalue weighted by Crippen LogP contribution is 2.18. The average Bonchev–Trinajstić information content (AvgIpc) is 2.60. The van der Waals surface area contributed by atoms with Crippen LogP contribution in [-0.2, 0) is 9.53 Å². The number of hydrogen-bond acceptors (Lipinski definition) is 4. The molecule has 0 atom stereocenters. The quantitative estimate of drug-likeness (QED) is 0.695. The van der Waals surface area contributed by atoms with Gasteiger partial charge in [0, 0.05) is 17.3 Å². The largest absolute Gasteiger partial charge is 0.466 e. The monoisotopic (exact) mass is 306 g/mol. The highest BCUT2D eigenvalue weighted by molar-refractivity contribution is 6.05. The summed E-state index contributed by atoms with van der Waals surface area (Å²) in [5, 5.41) is 11.7. The number of anilines is 1. The Balaban J connectivity index is 2.23. The van der Waals surface area contributed by atoms with Crippen LogP contribution in [0.4, 0.5) is 5.69 Å². The first-order valence-corrected chi connectivity index (χ1v) is 6.80. The summed E-state index contributed by atoms with van der Waals surface area (Å²) in [6, 6.07) is 15.5. The van der Waals surface area contributed by atoms with Crippen molar-refractivity contribution < 1.29 is 14.3 Å². The molecule has 0 saturated carbocycles. The third-order valence-corrected chi connectivity index (χ3v) is 3.06. The highest BCUT2D eigenvalue weighted by Gasteiger charge is 2.08. The summed E-state index contributed by atoms with van der Waals surface area (Å²) in [4.78, 5) is 23.5. The second-order valence-electron chi connectivity index (χ2n) is 4.59. The van der Waals surface area contributed by atoms with Crippen LogP contribution < -0.4 is 5.32 Å². The standard InChI is InChI=1S/C18H14N2O3/c1-23-17(21)10-9-14-6-2-3-8-16(14)20-18(22)15-7-4-5-13(11-15)12-19/h2-11H,1H3,(H,20,22)/b10-9+. The smallest absolute Gasteiger partial charge is 0.330 e. The van der Waals surface area contributed by atoms with Crippen molar-refractivity contribution in [3.8, 4) is 6.07 Å². The average molecular weight is 306 g/mol. The van der Waals surface area contributed by atoms with Gasteiger partial charge in [0.15, 0.2) is 0 Å². The van der Waals surface area contributed by atoms with Crippen molar-refractivity contribution in [2.45, 2.75) is 0 Å². The predicted molar refractivity (Wildman–Crippen MR) is 86.6 cm³/mol.